The van der Waals surface area contributed by atoms with Crippen LogP contribution in [0.4, 0.5) is 0 Å². The fourth-order valence-corrected chi connectivity index (χ4v) is 2.07. The molecule has 4 N–H and O–H groups in total. The van der Waals surface area contributed by atoms with Crippen molar-refractivity contribution in [2.75, 3.05) is 32.8 Å². The van der Waals surface area contributed by atoms with Gasteiger partial charge in [-0.2, -0.15) is 0 Å². The number of amides is 1. The zero-order valence-electron chi connectivity index (χ0n) is 13.5. The van der Waals surface area contributed by atoms with Gasteiger partial charge in [0.15, 0.2) is 0 Å². The van der Waals surface area contributed by atoms with E-state index in [0.29, 0.717) is 0 Å². The highest BCUT2D eigenvalue weighted by molar-refractivity contribution is 5.84. The highest BCUT2D eigenvalue weighted by atomic mass is 16.4. The average molecular weight is 318 g/mol. The Kier molecular flexibility index (Phi) is 12.8. The lowest BCUT2D eigenvalue weighted by Gasteiger charge is -2.22. The summed E-state index contributed by atoms with van der Waals surface area (Å²) in [7, 11) is 0. The molecule has 22 heavy (non-hydrogen) atoms. The monoisotopic (exact) mass is 318 g/mol. The molecule has 0 aliphatic rings. The maximum absolute atomic E-state index is 11.8. The smallest absolute Gasteiger partial charge is 0.325 e. The van der Waals surface area contributed by atoms with Crippen molar-refractivity contribution in [3.8, 4) is 0 Å². The first kappa shape index (κ1) is 20.8. The first-order valence-electron chi connectivity index (χ1n) is 7.97. The molecule has 130 valence electrons. The summed E-state index contributed by atoms with van der Waals surface area (Å²) in [6, 6.07) is -0.891. The van der Waals surface area contributed by atoms with Crippen LogP contribution in [-0.4, -0.2) is 71.0 Å². The molecule has 0 fully saturated rings. The lowest BCUT2D eigenvalue weighted by Crippen LogP contribution is -2.44. The van der Waals surface area contributed by atoms with Crippen molar-refractivity contribution in [1.82, 2.24) is 10.2 Å². The fraction of sp³-hybridized carbons (Fsp3) is 0.867. The van der Waals surface area contributed by atoms with Gasteiger partial charge in [-0.15, -0.1) is 0 Å². The maximum atomic E-state index is 11.8. The highest BCUT2D eigenvalue weighted by Gasteiger charge is 2.16. The third-order valence-corrected chi connectivity index (χ3v) is 3.38. The van der Waals surface area contributed by atoms with Crippen molar-refractivity contribution in [2.45, 2.75) is 51.5 Å². The van der Waals surface area contributed by atoms with Gasteiger partial charge in [0.05, 0.1) is 6.54 Å². The van der Waals surface area contributed by atoms with Crippen molar-refractivity contribution in [1.29, 1.82) is 0 Å². The van der Waals surface area contributed by atoms with Crippen LogP contribution >= 0.6 is 0 Å². The van der Waals surface area contributed by atoms with E-state index in [-0.39, 0.29) is 25.7 Å². The Morgan fingerprint density at radius 3 is 1.86 bits per heavy atom. The molecule has 1 unspecified atom stereocenters. The molecule has 0 aromatic rings. The fourth-order valence-electron chi connectivity index (χ4n) is 2.07. The van der Waals surface area contributed by atoms with Gasteiger partial charge < -0.3 is 20.6 Å². The number of carboxylic acid groups (broad SMARTS) is 1. The topological polar surface area (TPSA) is 110 Å². The number of carbonyl (C=O) groups is 2. The lowest BCUT2D eigenvalue weighted by molar-refractivity contribution is -0.141. The van der Waals surface area contributed by atoms with E-state index in [4.69, 9.17) is 15.3 Å². The van der Waals surface area contributed by atoms with Crippen LogP contribution in [0.15, 0.2) is 0 Å². The number of aliphatic hydroxyl groups excluding tert-OH is 2. The van der Waals surface area contributed by atoms with Gasteiger partial charge in [0.25, 0.3) is 0 Å². The second kappa shape index (κ2) is 13.5. The normalized spacial score (nSPS) is 12.4. The third kappa shape index (κ3) is 11.5. The van der Waals surface area contributed by atoms with Gasteiger partial charge in [0, 0.05) is 13.2 Å². The number of unbranched alkanes of at least 4 members (excludes halogenated alkanes) is 4. The second-order valence-corrected chi connectivity index (χ2v) is 5.47. The van der Waals surface area contributed by atoms with Crippen molar-refractivity contribution in [3.63, 3.8) is 0 Å². The molecule has 0 bridgehead atoms. The maximum Gasteiger partial charge on any atom is 0.325 e. The molecule has 0 aliphatic heterocycles. The molecule has 7 nitrogen and oxygen atoms in total. The second-order valence-electron chi connectivity index (χ2n) is 5.47. The zero-order valence-corrected chi connectivity index (χ0v) is 13.5. The summed E-state index contributed by atoms with van der Waals surface area (Å²) in [5.74, 6) is -1.34. The average Bonchev–Trinajstić information content (AvgIpc) is 2.47. The van der Waals surface area contributed by atoms with Crippen LogP contribution in [0.2, 0.25) is 0 Å². The van der Waals surface area contributed by atoms with E-state index in [2.05, 4.69) is 5.32 Å². The Morgan fingerprint density at radius 2 is 1.45 bits per heavy atom. The predicted molar refractivity (Wildman–Crippen MR) is 83.6 cm³/mol. The van der Waals surface area contributed by atoms with E-state index in [0.717, 1.165) is 51.6 Å². The molecular weight excluding hydrogens is 288 g/mol. The zero-order chi connectivity index (χ0) is 16.8. The molecule has 1 atom stereocenters. The molecular formula is C15H30N2O5. The molecule has 0 radical (unpaired) electrons. The number of aliphatic hydroxyl groups is 2. The standard InChI is InChI=1S/C15H30N2O5/c1-13(15(21)22)16-14(20)12-17(8-4-2-6-10-18)9-5-3-7-11-19/h13,18-19H,2-12H2,1H3,(H,16,20)(H,21,22). The third-order valence-electron chi connectivity index (χ3n) is 3.38. The number of hydrogen-bond acceptors (Lipinski definition) is 5. The molecule has 7 heteroatoms. The number of aliphatic carboxylic acids is 1. The Bertz CT molecular complexity index is 300. The Hall–Kier alpha value is -1.18. The van der Waals surface area contributed by atoms with Crippen LogP contribution in [0.3, 0.4) is 0 Å². The Labute approximate surface area is 132 Å². The van der Waals surface area contributed by atoms with Crippen molar-refractivity contribution in [2.24, 2.45) is 0 Å². The molecule has 0 aromatic carbocycles. The molecule has 0 rings (SSSR count). The Balaban J connectivity index is 4.18. The van der Waals surface area contributed by atoms with E-state index >= 15 is 0 Å². The van der Waals surface area contributed by atoms with Gasteiger partial charge in [-0.05, 0) is 58.5 Å². The van der Waals surface area contributed by atoms with Gasteiger partial charge in [-0.25, -0.2) is 0 Å². The van der Waals surface area contributed by atoms with Crippen LogP contribution in [0.1, 0.15) is 45.4 Å². The molecule has 1 amide bonds. The summed E-state index contributed by atoms with van der Waals surface area (Å²) in [4.78, 5) is 24.6. The quantitative estimate of drug-likeness (QED) is 0.341. The highest BCUT2D eigenvalue weighted by Crippen LogP contribution is 2.03. The number of rotatable bonds is 14. The summed E-state index contributed by atoms with van der Waals surface area (Å²) < 4.78 is 0. The minimum absolute atomic E-state index is 0.174. The largest absolute Gasteiger partial charge is 0.480 e. The van der Waals surface area contributed by atoms with Gasteiger partial charge in [-0.3, -0.25) is 14.5 Å². The predicted octanol–water partition coefficient (Wildman–Crippen LogP) is 0.203. The van der Waals surface area contributed by atoms with E-state index in [1.54, 1.807) is 0 Å². The van der Waals surface area contributed by atoms with Crippen LogP contribution < -0.4 is 5.32 Å². The first-order valence-corrected chi connectivity index (χ1v) is 7.97. The molecule has 0 heterocycles. The van der Waals surface area contributed by atoms with E-state index in [1.165, 1.54) is 6.92 Å². The van der Waals surface area contributed by atoms with Crippen molar-refractivity contribution in [3.05, 3.63) is 0 Å². The van der Waals surface area contributed by atoms with Crippen LogP contribution in [0.5, 0.6) is 0 Å². The van der Waals surface area contributed by atoms with Gasteiger partial charge >= 0.3 is 5.97 Å². The number of nitrogens with one attached hydrogen (secondary N) is 1. The minimum Gasteiger partial charge on any atom is -0.480 e. The molecule has 0 aromatic heterocycles. The number of carboxylic acids is 1. The minimum atomic E-state index is -1.05. The van der Waals surface area contributed by atoms with Crippen LogP contribution in [0.25, 0.3) is 0 Å². The van der Waals surface area contributed by atoms with Crippen LogP contribution in [-0.2, 0) is 9.59 Å². The molecule has 0 aliphatic carbocycles. The van der Waals surface area contributed by atoms with Gasteiger partial charge in [0.2, 0.25) is 5.91 Å². The number of carbonyl (C=O) groups excluding carboxylic acids is 1. The first-order chi connectivity index (χ1) is 10.5. The lowest BCUT2D eigenvalue weighted by atomic mass is 10.2. The summed E-state index contributed by atoms with van der Waals surface area (Å²) in [6.07, 6.45) is 5.08. The summed E-state index contributed by atoms with van der Waals surface area (Å²) in [6.45, 7) is 3.45. The van der Waals surface area contributed by atoms with E-state index in [9.17, 15) is 9.59 Å². The van der Waals surface area contributed by atoms with E-state index < -0.39 is 12.0 Å². The van der Waals surface area contributed by atoms with Gasteiger partial charge in [-0.1, -0.05) is 0 Å². The number of nitrogens with zero attached hydrogens (tertiary/aromatic N) is 1. The van der Waals surface area contributed by atoms with Crippen molar-refractivity contribution < 1.29 is 24.9 Å². The summed E-state index contributed by atoms with van der Waals surface area (Å²) in [5.41, 5.74) is 0. The SMILES string of the molecule is CC(NC(=O)CN(CCCCCO)CCCCCO)C(=O)O. The Morgan fingerprint density at radius 1 is 0.955 bits per heavy atom. The van der Waals surface area contributed by atoms with Gasteiger partial charge in [0.1, 0.15) is 6.04 Å². The molecule has 0 saturated carbocycles. The van der Waals surface area contributed by atoms with Crippen molar-refractivity contribution >= 4 is 11.9 Å². The molecule has 0 saturated heterocycles. The summed E-state index contributed by atoms with van der Waals surface area (Å²) in [5, 5.41) is 28.8. The molecule has 0 spiro atoms. The number of hydrogen-bond donors (Lipinski definition) is 4. The van der Waals surface area contributed by atoms with E-state index in [1.807, 2.05) is 4.90 Å². The van der Waals surface area contributed by atoms with Crippen LogP contribution in [0, 0.1) is 0 Å². The summed E-state index contributed by atoms with van der Waals surface area (Å²) >= 11 is 0.